The van der Waals surface area contributed by atoms with E-state index in [4.69, 9.17) is 4.74 Å². The van der Waals surface area contributed by atoms with Crippen molar-refractivity contribution < 1.29 is 17.9 Å². The number of benzene rings is 1. The maximum absolute atomic E-state index is 13.2. The quantitative estimate of drug-likeness (QED) is 0.748. The highest BCUT2D eigenvalue weighted by Crippen LogP contribution is 2.26. The van der Waals surface area contributed by atoms with E-state index in [0.29, 0.717) is 0 Å². The summed E-state index contributed by atoms with van der Waals surface area (Å²) in [6.07, 6.45) is 0. The van der Waals surface area contributed by atoms with Crippen LogP contribution in [-0.2, 0) is 0 Å². The highest BCUT2D eigenvalue weighted by atomic mass is 19.2. The van der Waals surface area contributed by atoms with E-state index in [1.165, 1.54) is 6.92 Å². The van der Waals surface area contributed by atoms with Crippen molar-refractivity contribution in [2.45, 2.75) is 6.92 Å². The van der Waals surface area contributed by atoms with Crippen molar-refractivity contribution >= 4 is 0 Å². The van der Waals surface area contributed by atoms with E-state index in [1.54, 1.807) is 24.3 Å². The third-order valence-corrected chi connectivity index (χ3v) is 2.11. The van der Waals surface area contributed by atoms with Gasteiger partial charge in [0.25, 0.3) is 5.95 Å². The van der Waals surface area contributed by atoms with E-state index in [-0.39, 0.29) is 17.2 Å². The van der Waals surface area contributed by atoms with Gasteiger partial charge in [0.15, 0.2) is 5.82 Å². The van der Waals surface area contributed by atoms with Gasteiger partial charge in [-0.25, -0.2) is 4.39 Å². The van der Waals surface area contributed by atoms with E-state index in [2.05, 4.69) is 11.1 Å². The molecule has 0 amide bonds. The van der Waals surface area contributed by atoms with Crippen LogP contribution in [0.5, 0.6) is 11.6 Å². The Hall–Kier alpha value is -2.04. The second-order valence-corrected chi connectivity index (χ2v) is 3.29. The van der Waals surface area contributed by atoms with Crippen molar-refractivity contribution in [1.29, 1.82) is 0 Å². The van der Waals surface area contributed by atoms with Gasteiger partial charge in [-0.15, -0.1) is 0 Å². The molecule has 0 unspecified atom stereocenters. The van der Waals surface area contributed by atoms with Crippen molar-refractivity contribution in [3.63, 3.8) is 0 Å². The maximum Gasteiger partial charge on any atom is 0.255 e. The van der Waals surface area contributed by atoms with Crippen LogP contribution in [0.15, 0.2) is 24.3 Å². The first-order valence-electron chi connectivity index (χ1n) is 4.75. The monoisotopic (exact) mass is 238 g/mol. The summed E-state index contributed by atoms with van der Waals surface area (Å²) >= 11 is 0. The van der Waals surface area contributed by atoms with Gasteiger partial charge in [0, 0.05) is 6.07 Å². The maximum atomic E-state index is 13.2. The van der Waals surface area contributed by atoms with Crippen LogP contribution in [0.3, 0.4) is 0 Å². The van der Waals surface area contributed by atoms with Crippen LogP contribution >= 0.6 is 0 Å². The Balaban J connectivity index is 2.41. The first kappa shape index (κ1) is 11.4. The fourth-order valence-electron chi connectivity index (χ4n) is 1.22. The van der Waals surface area contributed by atoms with Crippen molar-refractivity contribution in [1.82, 2.24) is 4.98 Å². The van der Waals surface area contributed by atoms with Gasteiger partial charge in [-0.1, -0.05) is 18.2 Å². The van der Waals surface area contributed by atoms with Gasteiger partial charge >= 0.3 is 0 Å². The molecule has 17 heavy (non-hydrogen) atoms. The van der Waals surface area contributed by atoms with Crippen LogP contribution in [0.1, 0.15) is 5.56 Å². The van der Waals surface area contributed by atoms with E-state index in [1.807, 2.05) is 0 Å². The third kappa shape index (κ3) is 2.22. The topological polar surface area (TPSA) is 22.1 Å². The zero-order valence-corrected chi connectivity index (χ0v) is 8.80. The summed E-state index contributed by atoms with van der Waals surface area (Å²) < 4.78 is 44.1. The summed E-state index contributed by atoms with van der Waals surface area (Å²) in [6, 6.07) is 9.18. The molecule has 0 saturated carbocycles. The first-order valence-corrected chi connectivity index (χ1v) is 4.75. The van der Waals surface area contributed by atoms with Crippen LogP contribution in [0.4, 0.5) is 13.2 Å². The molecule has 1 radical (unpaired) electrons. The molecular formula is C12H7F3NO. The van der Waals surface area contributed by atoms with Crippen molar-refractivity contribution in [3.05, 3.63) is 53.5 Å². The molecule has 0 bridgehead atoms. The summed E-state index contributed by atoms with van der Waals surface area (Å²) in [5.41, 5.74) is -0.193. The summed E-state index contributed by atoms with van der Waals surface area (Å²) in [4.78, 5) is 3.20. The normalized spacial score (nSPS) is 10.4. The zero-order valence-electron chi connectivity index (χ0n) is 8.80. The lowest BCUT2D eigenvalue weighted by atomic mass is 10.3. The van der Waals surface area contributed by atoms with Gasteiger partial charge in [-0.3, -0.25) is 0 Å². The average molecular weight is 238 g/mol. The Morgan fingerprint density at radius 2 is 1.94 bits per heavy atom. The minimum absolute atomic E-state index is 0.193. The summed E-state index contributed by atoms with van der Waals surface area (Å²) in [5, 5.41) is 0. The van der Waals surface area contributed by atoms with Gasteiger partial charge in [0.2, 0.25) is 11.7 Å². The molecule has 0 aliphatic carbocycles. The lowest BCUT2D eigenvalue weighted by molar-refractivity contribution is 0.385. The van der Waals surface area contributed by atoms with Gasteiger partial charge < -0.3 is 4.74 Å². The SMILES string of the molecule is Cc1c(Oc2[c]cccc2)nc(F)c(F)c1F. The predicted molar refractivity (Wildman–Crippen MR) is 54.2 cm³/mol. The van der Waals surface area contributed by atoms with Crippen LogP contribution in [0, 0.1) is 30.6 Å². The highest BCUT2D eigenvalue weighted by Gasteiger charge is 2.18. The number of nitrogens with zero attached hydrogens (tertiary/aromatic N) is 1. The Morgan fingerprint density at radius 1 is 1.18 bits per heavy atom. The van der Waals surface area contributed by atoms with Crippen LogP contribution < -0.4 is 4.74 Å². The number of hydrogen-bond donors (Lipinski definition) is 0. The molecule has 0 fully saturated rings. The molecule has 1 aromatic heterocycles. The minimum atomic E-state index is -1.60. The van der Waals surface area contributed by atoms with Crippen molar-refractivity contribution in [2.24, 2.45) is 0 Å². The molecule has 2 aromatic rings. The van der Waals surface area contributed by atoms with E-state index in [0.717, 1.165) is 0 Å². The molecule has 2 rings (SSSR count). The lowest BCUT2D eigenvalue weighted by Crippen LogP contribution is -2.02. The molecule has 0 spiro atoms. The fourth-order valence-corrected chi connectivity index (χ4v) is 1.22. The number of ether oxygens (including phenoxy) is 1. The first-order chi connectivity index (χ1) is 8.09. The number of aromatic nitrogens is 1. The van der Waals surface area contributed by atoms with Gasteiger partial charge in [-0.05, 0) is 13.0 Å². The van der Waals surface area contributed by atoms with Gasteiger partial charge in [0.05, 0.1) is 5.56 Å². The zero-order chi connectivity index (χ0) is 12.4. The molecule has 0 atom stereocenters. The molecular weight excluding hydrogens is 231 g/mol. The molecule has 0 aliphatic heterocycles. The second-order valence-electron chi connectivity index (χ2n) is 3.29. The minimum Gasteiger partial charge on any atom is -0.438 e. The third-order valence-electron chi connectivity index (χ3n) is 2.11. The number of para-hydroxylation sites is 1. The fraction of sp³-hybridized carbons (Fsp3) is 0.0833. The average Bonchev–Trinajstić information content (AvgIpc) is 2.35. The van der Waals surface area contributed by atoms with E-state index >= 15 is 0 Å². The highest BCUT2D eigenvalue weighted by molar-refractivity contribution is 5.32. The second kappa shape index (κ2) is 4.45. The van der Waals surface area contributed by atoms with Crippen molar-refractivity contribution in [2.75, 3.05) is 0 Å². The summed E-state index contributed by atoms with van der Waals surface area (Å²) in [5.74, 6) is -4.51. The van der Waals surface area contributed by atoms with Crippen LogP contribution in [0.25, 0.3) is 0 Å². The molecule has 5 heteroatoms. The molecule has 0 N–H and O–H groups in total. The van der Waals surface area contributed by atoms with E-state index in [9.17, 15) is 13.2 Å². The Morgan fingerprint density at radius 3 is 2.59 bits per heavy atom. The summed E-state index contributed by atoms with van der Waals surface area (Å²) in [6.45, 7) is 1.25. The Kier molecular flexibility index (Phi) is 2.99. The van der Waals surface area contributed by atoms with Crippen LogP contribution in [-0.4, -0.2) is 4.98 Å². The standard InChI is InChI=1S/C12H7F3NO/c1-7-9(13)10(14)11(15)16-12(7)17-8-5-3-2-4-6-8/h2-5H,1H3. The van der Waals surface area contributed by atoms with Crippen molar-refractivity contribution in [3.8, 4) is 11.6 Å². The summed E-state index contributed by atoms with van der Waals surface area (Å²) in [7, 11) is 0. The smallest absolute Gasteiger partial charge is 0.255 e. The van der Waals surface area contributed by atoms with Gasteiger partial charge in [-0.2, -0.15) is 13.8 Å². The van der Waals surface area contributed by atoms with Crippen LogP contribution in [0.2, 0.25) is 0 Å². The lowest BCUT2D eigenvalue weighted by Gasteiger charge is -2.08. The van der Waals surface area contributed by atoms with Gasteiger partial charge in [0.1, 0.15) is 5.75 Å². The molecule has 1 heterocycles. The number of rotatable bonds is 2. The Labute approximate surface area is 95.7 Å². The predicted octanol–water partition coefficient (Wildman–Crippen LogP) is 3.40. The molecule has 0 aliphatic rings. The largest absolute Gasteiger partial charge is 0.438 e. The van der Waals surface area contributed by atoms with E-state index < -0.39 is 17.6 Å². The molecule has 0 saturated heterocycles. The molecule has 2 nitrogen and oxygen atoms in total. The number of pyridine rings is 1. The molecule has 1 aromatic carbocycles. The Bertz CT molecular complexity index is 543. The number of hydrogen-bond acceptors (Lipinski definition) is 2. The number of halogens is 3. The molecule has 87 valence electrons.